The molecule has 1 saturated carbocycles. The Morgan fingerprint density at radius 3 is 2.12 bits per heavy atom. The van der Waals surface area contributed by atoms with Gasteiger partial charge in [0.25, 0.3) is 0 Å². The van der Waals surface area contributed by atoms with E-state index in [-0.39, 0.29) is 12.5 Å². The number of rotatable bonds is 4. The molecule has 2 nitrogen and oxygen atoms in total. The number of hydrogen-bond acceptors (Lipinski definition) is 2. The second kappa shape index (κ2) is 5.57. The lowest BCUT2D eigenvalue weighted by Gasteiger charge is -2.35. The number of halogens is 3. The molecule has 0 bridgehead atoms. The molecule has 0 heterocycles. The van der Waals surface area contributed by atoms with Crippen molar-refractivity contribution in [1.29, 1.82) is 0 Å². The van der Waals surface area contributed by atoms with Gasteiger partial charge >= 0.3 is 6.18 Å². The molecule has 17 heavy (non-hydrogen) atoms. The van der Waals surface area contributed by atoms with Crippen LogP contribution in [0.5, 0.6) is 0 Å². The van der Waals surface area contributed by atoms with Gasteiger partial charge in [-0.3, -0.25) is 0 Å². The van der Waals surface area contributed by atoms with E-state index in [1.807, 2.05) is 0 Å². The Hall–Kier alpha value is -0.290. The molecule has 2 N–H and O–H groups in total. The van der Waals surface area contributed by atoms with E-state index in [2.05, 4.69) is 0 Å². The predicted octanol–water partition coefficient (Wildman–Crippen LogP) is 2.88. The largest absolute Gasteiger partial charge is 0.416 e. The molecule has 5 heteroatoms. The van der Waals surface area contributed by atoms with E-state index < -0.39 is 24.1 Å². The minimum atomic E-state index is -4.63. The Kier molecular flexibility index (Phi) is 4.84. The second-order valence-electron chi connectivity index (χ2n) is 5.32. The summed E-state index contributed by atoms with van der Waals surface area (Å²) < 4.78 is 37.7. The van der Waals surface area contributed by atoms with Crippen molar-refractivity contribution in [2.24, 2.45) is 11.8 Å². The van der Waals surface area contributed by atoms with E-state index >= 15 is 0 Å². The Balaban J connectivity index is 2.62. The van der Waals surface area contributed by atoms with E-state index in [9.17, 15) is 23.4 Å². The van der Waals surface area contributed by atoms with Crippen LogP contribution >= 0.6 is 0 Å². The van der Waals surface area contributed by atoms with Crippen LogP contribution in [0.4, 0.5) is 13.2 Å². The molecule has 2 atom stereocenters. The van der Waals surface area contributed by atoms with Crippen LogP contribution in [0.15, 0.2) is 0 Å². The maximum atomic E-state index is 12.6. The van der Waals surface area contributed by atoms with Crippen LogP contribution in [0.25, 0.3) is 0 Å². The summed E-state index contributed by atoms with van der Waals surface area (Å²) in [6, 6.07) is 0. The molecule has 1 aliphatic carbocycles. The summed E-state index contributed by atoms with van der Waals surface area (Å²) in [5.74, 6) is -0.338. The zero-order chi connectivity index (χ0) is 13.1. The van der Waals surface area contributed by atoms with E-state index in [1.165, 1.54) is 0 Å². The summed E-state index contributed by atoms with van der Waals surface area (Å²) in [6.07, 6.45) is -0.181. The minimum absolute atomic E-state index is 0.113. The fourth-order valence-electron chi connectivity index (χ4n) is 2.61. The molecule has 1 rings (SSSR count). The third kappa shape index (κ3) is 3.85. The summed E-state index contributed by atoms with van der Waals surface area (Å²) >= 11 is 0. The van der Waals surface area contributed by atoms with Gasteiger partial charge in [-0.1, -0.05) is 32.1 Å². The Bertz CT molecular complexity index is 232. The van der Waals surface area contributed by atoms with Crippen molar-refractivity contribution in [1.82, 2.24) is 0 Å². The first-order valence-electron chi connectivity index (χ1n) is 6.18. The van der Waals surface area contributed by atoms with Crippen molar-refractivity contribution in [2.75, 3.05) is 6.61 Å². The zero-order valence-corrected chi connectivity index (χ0v) is 10.1. The topological polar surface area (TPSA) is 40.5 Å². The molecule has 0 aromatic heterocycles. The highest BCUT2D eigenvalue weighted by molar-refractivity contribution is 4.87. The van der Waals surface area contributed by atoms with Crippen LogP contribution in [0, 0.1) is 11.8 Å². The van der Waals surface area contributed by atoms with Crippen molar-refractivity contribution in [3.63, 3.8) is 0 Å². The SMILES string of the molecule is CC(O)(CC(CO)C1CCCCC1)C(F)(F)F. The van der Waals surface area contributed by atoms with Gasteiger partial charge in [-0.2, -0.15) is 13.2 Å². The van der Waals surface area contributed by atoms with Crippen molar-refractivity contribution < 1.29 is 23.4 Å². The molecular weight excluding hydrogens is 233 g/mol. The van der Waals surface area contributed by atoms with Gasteiger partial charge < -0.3 is 10.2 Å². The fraction of sp³-hybridized carbons (Fsp3) is 1.00. The molecule has 2 unspecified atom stereocenters. The van der Waals surface area contributed by atoms with Gasteiger partial charge in [0, 0.05) is 6.61 Å². The third-order valence-electron chi connectivity index (χ3n) is 3.82. The van der Waals surface area contributed by atoms with Crippen molar-refractivity contribution >= 4 is 0 Å². The summed E-state index contributed by atoms with van der Waals surface area (Å²) in [7, 11) is 0. The molecule has 0 radical (unpaired) electrons. The monoisotopic (exact) mass is 254 g/mol. The lowest BCUT2D eigenvalue weighted by atomic mass is 9.76. The molecule has 0 aliphatic heterocycles. The standard InChI is InChI=1S/C12H21F3O2/c1-11(17,12(13,14)15)7-10(8-16)9-5-3-2-4-6-9/h9-10,16-17H,2-8H2,1H3. The van der Waals surface area contributed by atoms with Gasteiger partial charge in [0.2, 0.25) is 0 Å². The van der Waals surface area contributed by atoms with Crippen LogP contribution in [-0.4, -0.2) is 28.6 Å². The first kappa shape index (κ1) is 14.8. The normalized spacial score (nSPS) is 24.4. The third-order valence-corrected chi connectivity index (χ3v) is 3.82. The van der Waals surface area contributed by atoms with Gasteiger partial charge in [0.05, 0.1) is 0 Å². The van der Waals surface area contributed by atoms with Crippen molar-refractivity contribution in [2.45, 2.75) is 57.2 Å². The quantitative estimate of drug-likeness (QED) is 0.810. The predicted molar refractivity (Wildman–Crippen MR) is 58.4 cm³/mol. The molecule has 0 saturated heterocycles. The van der Waals surface area contributed by atoms with Crippen LogP contribution in [-0.2, 0) is 0 Å². The summed E-state index contributed by atoms with van der Waals surface area (Å²) in [5.41, 5.74) is -2.70. The lowest BCUT2D eigenvalue weighted by molar-refractivity contribution is -0.260. The zero-order valence-electron chi connectivity index (χ0n) is 10.1. The number of hydrogen-bond donors (Lipinski definition) is 2. The maximum absolute atomic E-state index is 12.6. The number of aliphatic hydroxyl groups is 2. The summed E-state index contributed by atoms with van der Waals surface area (Å²) in [4.78, 5) is 0. The van der Waals surface area contributed by atoms with E-state index in [1.54, 1.807) is 0 Å². The summed E-state index contributed by atoms with van der Waals surface area (Å²) in [5, 5.41) is 18.7. The van der Waals surface area contributed by atoms with E-state index in [0.29, 0.717) is 0 Å². The smallest absolute Gasteiger partial charge is 0.396 e. The average molecular weight is 254 g/mol. The highest BCUT2D eigenvalue weighted by Gasteiger charge is 2.51. The van der Waals surface area contributed by atoms with Gasteiger partial charge in [-0.15, -0.1) is 0 Å². The van der Waals surface area contributed by atoms with E-state index in [0.717, 1.165) is 39.0 Å². The van der Waals surface area contributed by atoms with Gasteiger partial charge in [-0.05, 0) is 25.2 Å². The maximum Gasteiger partial charge on any atom is 0.416 e. The van der Waals surface area contributed by atoms with Gasteiger partial charge in [-0.25, -0.2) is 0 Å². The Morgan fingerprint density at radius 1 is 1.18 bits per heavy atom. The van der Waals surface area contributed by atoms with Crippen LogP contribution < -0.4 is 0 Å². The first-order chi connectivity index (χ1) is 7.78. The van der Waals surface area contributed by atoms with Crippen molar-refractivity contribution in [3.05, 3.63) is 0 Å². The molecule has 0 spiro atoms. The van der Waals surface area contributed by atoms with Crippen LogP contribution in [0.2, 0.25) is 0 Å². The average Bonchev–Trinajstić information content (AvgIpc) is 2.25. The second-order valence-corrected chi connectivity index (χ2v) is 5.32. The van der Waals surface area contributed by atoms with Gasteiger partial charge in [0.15, 0.2) is 5.60 Å². The van der Waals surface area contributed by atoms with Crippen LogP contribution in [0.1, 0.15) is 45.4 Å². The molecular formula is C12H21F3O2. The minimum Gasteiger partial charge on any atom is -0.396 e. The first-order valence-corrected chi connectivity index (χ1v) is 6.18. The highest BCUT2D eigenvalue weighted by atomic mass is 19.4. The number of aliphatic hydroxyl groups excluding tert-OH is 1. The molecule has 0 aromatic rings. The number of alkyl halides is 3. The Morgan fingerprint density at radius 2 is 1.71 bits per heavy atom. The van der Waals surface area contributed by atoms with E-state index in [4.69, 9.17) is 0 Å². The lowest BCUT2D eigenvalue weighted by Crippen LogP contribution is -2.45. The Labute approximate surface area is 99.8 Å². The molecule has 0 aromatic carbocycles. The molecule has 1 fully saturated rings. The summed E-state index contributed by atoms with van der Waals surface area (Å²) in [6.45, 7) is 0.509. The fourth-order valence-corrected chi connectivity index (χ4v) is 2.61. The molecule has 1 aliphatic rings. The molecule has 102 valence electrons. The van der Waals surface area contributed by atoms with Crippen molar-refractivity contribution in [3.8, 4) is 0 Å². The van der Waals surface area contributed by atoms with Gasteiger partial charge in [0.1, 0.15) is 0 Å². The van der Waals surface area contributed by atoms with Crippen LogP contribution in [0.3, 0.4) is 0 Å². The highest BCUT2D eigenvalue weighted by Crippen LogP contribution is 2.39. The molecule has 0 amide bonds.